The third-order valence-electron chi connectivity index (χ3n) is 3.95. The number of para-hydroxylation sites is 1. The summed E-state index contributed by atoms with van der Waals surface area (Å²) in [5.74, 6) is 1.34. The first-order chi connectivity index (χ1) is 12.7. The number of aromatic nitrogens is 3. The molecule has 1 aromatic carbocycles. The van der Waals surface area contributed by atoms with Gasteiger partial charge in [0.1, 0.15) is 0 Å². The van der Waals surface area contributed by atoms with Crippen molar-refractivity contribution < 1.29 is 19.4 Å². The predicted molar refractivity (Wildman–Crippen MR) is 91.6 cm³/mol. The van der Waals surface area contributed by atoms with Gasteiger partial charge in [0.25, 0.3) is 5.91 Å². The lowest BCUT2D eigenvalue weighted by Crippen LogP contribution is -2.26. The summed E-state index contributed by atoms with van der Waals surface area (Å²) in [6, 6.07) is 12.2. The van der Waals surface area contributed by atoms with Crippen LogP contribution in [0, 0.1) is 0 Å². The number of carbonyl (C=O) groups excluding carboxylic acids is 1. The van der Waals surface area contributed by atoms with E-state index in [4.69, 9.17) is 9.47 Å². The van der Waals surface area contributed by atoms with E-state index in [1.165, 1.54) is 10.7 Å². The zero-order valence-corrected chi connectivity index (χ0v) is 13.8. The standard InChI is InChI=1S/C18H16N4O4/c23-16-10-13(21-22(16)15-6-1-2-8-19-15)18(24)20-9-7-12-4-3-5-14-17(12)26-11-25-14/h1-6,8,10,23H,7,9,11H2,(H,20,24). The number of nitrogens with zero attached hydrogens (tertiary/aromatic N) is 3. The molecule has 1 aliphatic heterocycles. The smallest absolute Gasteiger partial charge is 0.271 e. The molecule has 0 fully saturated rings. The second kappa shape index (κ2) is 6.75. The van der Waals surface area contributed by atoms with Crippen LogP contribution >= 0.6 is 0 Å². The lowest BCUT2D eigenvalue weighted by Gasteiger charge is -2.06. The number of rotatable bonds is 5. The summed E-state index contributed by atoms with van der Waals surface area (Å²) in [7, 11) is 0. The third-order valence-corrected chi connectivity index (χ3v) is 3.95. The largest absolute Gasteiger partial charge is 0.493 e. The molecule has 8 nitrogen and oxygen atoms in total. The molecule has 26 heavy (non-hydrogen) atoms. The highest BCUT2D eigenvalue weighted by atomic mass is 16.7. The molecule has 3 aromatic rings. The zero-order valence-electron chi connectivity index (χ0n) is 13.8. The van der Waals surface area contributed by atoms with E-state index in [-0.39, 0.29) is 24.3 Å². The lowest BCUT2D eigenvalue weighted by molar-refractivity contribution is 0.0948. The van der Waals surface area contributed by atoms with Crippen LogP contribution in [0.5, 0.6) is 17.4 Å². The monoisotopic (exact) mass is 352 g/mol. The summed E-state index contributed by atoms with van der Waals surface area (Å²) in [6.07, 6.45) is 2.17. The Hall–Kier alpha value is -3.55. The van der Waals surface area contributed by atoms with Crippen molar-refractivity contribution in [1.82, 2.24) is 20.1 Å². The van der Waals surface area contributed by atoms with Crippen LogP contribution in [-0.4, -0.2) is 39.1 Å². The van der Waals surface area contributed by atoms with Crippen molar-refractivity contribution in [2.75, 3.05) is 13.3 Å². The van der Waals surface area contributed by atoms with Crippen LogP contribution < -0.4 is 14.8 Å². The van der Waals surface area contributed by atoms with Crippen molar-refractivity contribution in [3.63, 3.8) is 0 Å². The van der Waals surface area contributed by atoms with Crippen LogP contribution in [0.4, 0.5) is 0 Å². The molecular formula is C18H16N4O4. The van der Waals surface area contributed by atoms with Gasteiger partial charge in [-0.3, -0.25) is 4.79 Å². The van der Waals surface area contributed by atoms with E-state index in [9.17, 15) is 9.90 Å². The first-order valence-electron chi connectivity index (χ1n) is 8.08. The molecule has 0 spiro atoms. The summed E-state index contributed by atoms with van der Waals surface area (Å²) in [5, 5.41) is 16.9. The minimum Gasteiger partial charge on any atom is -0.493 e. The average molecular weight is 352 g/mol. The minimum atomic E-state index is -0.375. The number of amides is 1. The number of nitrogens with one attached hydrogen (secondary N) is 1. The maximum absolute atomic E-state index is 12.3. The molecule has 0 atom stereocenters. The first-order valence-corrected chi connectivity index (χ1v) is 8.08. The third kappa shape index (κ3) is 3.04. The quantitative estimate of drug-likeness (QED) is 0.725. The van der Waals surface area contributed by atoms with Crippen LogP contribution in [0.25, 0.3) is 5.82 Å². The van der Waals surface area contributed by atoms with Gasteiger partial charge in [-0.1, -0.05) is 18.2 Å². The topological polar surface area (TPSA) is 98.5 Å². The fourth-order valence-electron chi connectivity index (χ4n) is 2.72. The zero-order chi connectivity index (χ0) is 17.9. The van der Waals surface area contributed by atoms with Crippen molar-refractivity contribution in [3.05, 3.63) is 59.9 Å². The Morgan fingerprint density at radius 2 is 2.15 bits per heavy atom. The molecule has 0 unspecified atom stereocenters. The highest BCUT2D eigenvalue weighted by Gasteiger charge is 2.18. The van der Waals surface area contributed by atoms with Crippen molar-refractivity contribution >= 4 is 5.91 Å². The summed E-state index contributed by atoms with van der Waals surface area (Å²) in [4.78, 5) is 16.4. The van der Waals surface area contributed by atoms with E-state index in [2.05, 4.69) is 15.4 Å². The Kier molecular flexibility index (Phi) is 4.14. The van der Waals surface area contributed by atoms with Gasteiger partial charge < -0.3 is 19.9 Å². The minimum absolute atomic E-state index is 0.117. The molecule has 1 amide bonds. The molecule has 3 heterocycles. The lowest BCUT2D eigenvalue weighted by atomic mass is 10.1. The van der Waals surface area contributed by atoms with Crippen molar-refractivity contribution in [2.45, 2.75) is 6.42 Å². The second-order valence-electron chi connectivity index (χ2n) is 5.64. The number of pyridine rings is 1. The van der Waals surface area contributed by atoms with Crippen LogP contribution in [0.15, 0.2) is 48.7 Å². The van der Waals surface area contributed by atoms with Crippen LogP contribution in [0.2, 0.25) is 0 Å². The number of hydrogen-bond donors (Lipinski definition) is 2. The van der Waals surface area contributed by atoms with E-state index < -0.39 is 0 Å². The number of carbonyl (C=O) groups is 1. The Bertz CT molecular complexity index is 940. The molecular weight excluding hydrogens is 336 g/mol. The van der Waals surface area contributed by atoms with Gasteiger partial charge in [-0.2, -0.15) is 9.78 Å². The number of aromatic hydroxyl groups is 1. The van der Waals surface area contributed by atoms with Gasteiger partial charge in [-0.15, -0.1) is 0 Å². The molecule has 0 saturated carbocycles. The van der Waals surface area contributed by atoms with E-state index in [0.717, 1.165) is 11.3 Å². The summed E-state index contributed by atoms with van der Waals surface area (Å²) >= 11 is 0. The van der Waals surface area contributed by atoms with Gasteiger partial charge >= 0.3 is 0 Å². The molecule has 1 aliphatic rings. The molecule has 8 heteroatoms. The van der Waals surface area contributed by atoms with Crippen molar-refractivity contribution in [2.24, 2.45) is 0 Å². The van der Waals surface area contributed by atoms with Crippen LogP contribution in [0.3, 0.4) is 0 Å². The van der Waals surface area contributed by atoms with Gasteiger partial charge in [0, 0.05) is 18.8 Å². The van der Waals surface area contributed by atoms with Crippen LogP contribution in [0.1, 0.15) is 16.1 Å². The Balaban J connectivity index is 1.41. The molecule has 132 valence electrons. The van der Waals surface area contributed by atoms with Gasteiger partial charge in [0.05, 0.1) is 0 Å². The summed E-state index contributed by atoms with van der Waals surface area (Å²) in [5.41, 5.74) is 1.08. The maximum Gasteiger partial charge on any atom is 0.271 e. The van der Waals surface area contributed by atoms with Gasteiger partial charge in [-0.05, 0) is 30.2 Å². The molecule has 0 bridgehead atoms. The van der Waals surface area contributed by atoms with E-state index >= 15 is 0 Å². The Morgan fingerprint density at radius 3 is 3.00 bits per heavy atom. The fourth-order valence-corrected chi connectivity index (χ4v) is 2.72. The number of benzene rings is 1. The second-order valence-corrected chi connectivity index (χ2v) is 5.64. The van der Waals surface area contributed by atoms with Gasteiger partial charge in [0.15, 0.2) is 23.0 Å². The molecule has 0 saturated heterocycles. The highest BCUT2D eigenvalue weighted by Crippen LogP contribution is 2.35. The molecule has 0 radical (unpaired) electrons. The fraction of sp³-hybridized carbons (Fsp3) is 0.167. The first kappa shape index (κ1) is 15.9. The van der Waals surface area contributed by atoms with Gasteiger partial charge in [0.2, 0.25) is 12.7 Å². The van der Waals surface area contributed by atoms with E-state index in [1.54, 1.807) is 24.4 Å². The number of ether oxygens (including phenoxy) is 2. The van der Waals surface area contributed by atoms with E-state index in [1.807, 2.05) is 18.2 Å². The average Bonchev–Trinajstić information content (AvgIpc) is 3.29. The summed E-state index contributed by atoms with van der Waals surface area (Å²) in [6.45, 7) is 0.610. The number of hydrogen-bond acceptors (Lipinski definition) is 6. The highest BCUT2D eigenvalue weighted by molar-refractivity contribution is 5.92. The van der Waals surface area contributed by atoms with Gasteiger partial charge in [-0.25, -0.2) is 4.98 Å². The summed E-state index contributed by atoms with van der Waals surface area (Å²) < 4.78 is 12.0. The van der Waals surface area contributed by atoms with Crippen molar-refractivity contribution in [3.8, 4) is 23.2 Å². The van der Waals surface area contributed by atoms with E-state index in [0.29, 0.717) is 24.5 Å². The molecule has 4 rings (SSSR count). The molecule has 2 aromatic heterocycles. The number of fused-ring (bicyclic) bond motifs is 1. The molecule has 0 aliphatic carbocycles. The van der Waals surface area contributed by atoms with Crippen LogP contribution in [-0.2, 0) is 6.42 Å². The SMILES string of the molecule is O=C(NCCc1cccc2c1OCO2)c1cc(O)n(-c2ccccn2)n1. The Labute approximate surface area is 149 Å². The predicted octanol–water partition coefficient (Wildman–Crippen LogP) is 1.67. The normalized spacial score (nSPS) is 12.2. The molecule has 2 N–H and O–H groups in total. The van der Waals surface area contributed by atoms with Crippen molar-refractivity contribution in [1.29, 1.82) is 0 Å². The maximum atomic E-state index is 12.3. The Morgan fingerprint density at radius 1 is 1.23 bits per heavy atom.